The molecular formula is C27H32N2O4. The van der Waals surface area contributed by atoms with Crippen LogP contribution in [0.1, 0.15) is 42.7 Å². The van der Waals surface area contributed by atoms with Crippen molar-refractivity contribution >= 4 is 11.8 Å². The van der Waals surface area contributed by atoms with Crippen molar-refractivity contribution < 1.29 is 19.1 Å². The summed E-state index contributed by atoms with van der Waals surface area (Å²) in [6.07, 6.45) is 1.74. The molecule has 1 aliphatic heterocycles. The van der Waals surface area contributed by atoms with Gasteiger partial charge in [0.25, 0.3) is 0 Å². The topological polar surface area (TPSA) is 59.1 Å². The summed E-state index contributed by atoms with van der Waals surface area (Å²) in [5.41, 5.74) is 2.24. The van der Waals surface area contributed by atoms with Crippen LogP contribution in [0.4, 0.5) is 0 Å². The van der Waals surface area contributed by atoms with E-state index in [9.17, 15) is 9.59 Å². The molecule has 6 heteroatoms. The van der Waals surface area contributed by atoms with Gasteiger partial charge in [-0.2, -0.15) is 0 Å². The molecule has 174 valence electrons. The molecule has 5 atom stereocenters. The molecule has 2 amide bonds. The number of nitrogens with zero attached hydrogens (tertiary/aromatic N) is 2. The number of hydrogen-bond acceptors (Lipinski definition) is 4. The highest BCUT2D eigenvalue weighted by molar-refractivity contribution is 5.85. The van der Waals surface area contributed by atoms with E-state index in [0.29, 0.717) is 19.6 Å². The van der Waals surface area contributed by atoms with Crippen LogP contribution in [0, 0.1) is 11.8 Å². The summed E-state index contributed by atoms with van der Waals surface area (Å²) in [4.78, 5) is 30.4. The van der Waals surface area contributed by atoms with Crippen molar-refractivity contribution in [2.24, 2.45) is 11.8 Å². The van der Waals surface area contributed by atoms with E-state index in [-0.39, 0.29) is 41.5 Å². The first-order valence-electron chi connectivity index (χ1n) is 11.9. The maximum Gasteiger partial charge on any atom is 0.226 e. The van der Waals surface area contributed by atoms with Crippen LogP contribution in [-0.4, -0.2) is 61.5 Å². The highest BCUT2D eigenvalue weighted by atomic mass is 16.5. The lowest BCUT2D eigenvalue weighted by atomic mass is 10.1. The van der Waals surface area contributed by atoms with E-state index < -0.39 is 0 Å². The number of para-hydroxylation sites is 2. The van der Waals surface area contributed by atoms with Gasteiger partial charge in [0, 0.05) is 37.5 Å². The summed E-state index contributed by atoms with van der Waals surface area (Å²) in [6.45, 7) is 3.87. The first-order chi connectivity index (χ1) is 16.0. The molecule has 6 nitrogen and oxygen atoms in total. The highest BCUT2D eigenvalue weighted by Gasteiger charge is 2.50. The monoisotopic (exact) mass is 448 g/mol. The lowest BCUT2D eigenvalue weighted by molar-refractivity contribution is -0.144. The number of benzene rings is 2. The molecule has 2 saturated carbocycles. The lowest BCUT2D eigenvalue weighted by Crippen LogP contribution is -2.56. The molecule has 33 heavy (non-hydrogen) atoms. The molecule has 2 aromatic carbocycles. The van der Waals surface area contributed by atoms with E-state index in [4.69, 9.17) is 9.47 Å². The minimum Gasteiger partial charge on any atom is -0.496 e. The number of piperazine rings is 1. The summed E-state index contributed by atoms with van der Waals surface area (Å²) >= 11 is 0. The fourth-order valence-corrected chi connectivity index (χ4v) is 5.50. The Morgan fingerprint density at radius 1 is 0.788 bits per heavy atom. The predicted molar refractivity (Wildman–Crippen MR) is 125 cm³/mol. The van der Waals surface area contributed by atoms with E-state index in [1.165, 1.54) is 0 Å². The molecule has 2 aromatic rings. The van der Waals surface area contributed by atoms with E-state index in [0.717, 1.165) is 35.5 Å². The molecule has 0 bridgehead atoms. The third kappa shape index (κ3) is 4.07. The average Bonchev–Trinajstić information content (AvgIpc) is 3.77. The van der Waals surface area contributed by atoms with Gasteiger partial charge in [-0.1, -0.05) is 36.4 Å². The van der Waals surface area contributed by atoms with Crippen molar-refractivity contribution in [3.8, 4) is 11.5 Å². The fraction of sp³-hybridized carbons (Fsp3) is 0.481. The molecule has 0 radical (unpaired) electrons. The highest BCUT2D eigenvalue weighted by Crippen LogP contribution is 2.52. The normalized spacial score (nSPS) is 28.3. The van der Waals surface area contributed by atoms with Crippen molar-refractivity contribution in [3.05, 3.63) is 59.7 Å². The molecule has 4 unspecified atom stereocenters. The summed E-state index contributed by atoms with van der Waals surface area (Å²) in [5.74, 6) is 2.64. The maximum atomic E-state index is 13.3. The van der Waals surface area contributed by atoms with Crippen LogP contribution in [0.2, 0.25) is 0 Å². The Morgan fingerprint density at radius 3 is 1.82 bits per heavy atom. The summed E-state index contributed by atoms with van der Waals surface area (Å²) in [5, 5.41) is 0. The number of hydrogen-bond donors (Lipinski definition) is 0. The smallest absolute Gasteiger partial charge is 0.226 e. The number of rotatable bonds is 6. The van der Waals surface area contributed by atoms with Gasteiger partial charge < -0.3 is 19.3 Å². The summed E-state index contributed by atoms with van der Waals surface area (Å²) in [7, 11) is 3.35. The Labute approximate surface area is 195 Å². The molecule has 1 saturated heterocycles. The van der Waals surface area contributed by atoms with Gasteiger partial charge in [-0.3, -0.25) is 9.59 Å². The molecule has 2 aliphatic carbocycles. The molecule has 0 aromatic heterocycles. The Morgan fingerprint density at radius 2 is 1.30 bits per heavy atom. The lowest BCUT2D eigenvalue weighted by Gasteiger charge is -2.40. The van der Waals surface area contributed by atoms with E-state index in [2.05, 4.69) is 19.1 Å². The van der Waals surface area contributed by atoms with Gasteiger partial charge in [-0.05, 0) is 54.9 Å². The number of ether oxygens (including phenoxy) is 2. The van der Waals surface area contributed by atoms with Gasteiger partial charge in [-0.15, -0.1) is 0 Å². The third-order valence-corrected chi connectivity index (χ3v) is 7.51. The second kappa shape index (κ2) is 8.73. The second-order valence-electron chi connectivity index (χ2n) is 9.55. The minimum absolute atomic E-state index is 0.0179. The number of carbonyl (C=O) groups excluding carboxylic acids is 2. The Hall–Kier alpha value is -3.02. The number of amides is 2. The molecule has 5 rings (SSSR count). The maximum absolute atomic E-state index is 13.3. The van der Waals surface area contributed by atoms with Gasteiger partial charge in [-0.25, -0.2) is 0 Å². The van der Waals surface area contributed by atoms with Crippen molar-refractivity contribution in [2.75, 3.05) is 33.9 Å². The van der Waals surface area contributed by atoms with Crippen molar-refractivity contribution in [3.63, 3.8) is 0 Å². The molecule has 3 aliphatic rings. The molecule has 0 N–H and O–H groups in total. The largest absolute Gasteiger partial charge is 0.496 e. The summed E-state index contributed by atoms with van der Waals surface area (Å²) < 4.78 is 11.0. The van der Waals surface area contributed by atoms with Crippen LogP contribution in [0.25, 0.3) is 0 Å². The standard InChI is InChI=1S/C27H32N2O4/c1-17-16-28(26(30)22-14-20(22)18-8-4-6-10-24(18)32-2)12-13-29(17)27(31)23-15-21(23)19-9-5-7-11-25(19)33-3/h4-11,17,20-23H,12-16H2,1-3H3/t17-,20?,21?,22?,23?/m0/s1. The van der Waals surface area contributed by atoms with Crippen LogP contribution >= 0.6 is 0 Å². The first-order valence-corrected chi connectivity index (χ1v) is 11.9. The third-order valence-electron chi connectivity index (χ3n) is 7.51. The van der Waals surface area contributed by atoms with Crippen molar-refractivity contribution in [2.45, 2.75) is 37.6 Å². The molecule has 0 spiro atoms. The minimum atomic E-state index is 0.0179. The van der Waals surface area contributed by atoms with Crippen molar-refractivity contribution in [1.82, 2.24) is 9.80 Å². The van der Waals surface area contributed by atoms with Crippen LogP contribution in [-0.2, 0) is 9.59 Å². The Balaban J connectivity index is 1.18. The van der Waals surface area contributed by atoms with Crippen LogP contribution < -0.4 is 9.47 Å². The van der Waals surface area contributed by atoms with Gasteiger partial charge in [0.15, 0.2) is 0 Å². The fourth-order valence-electron chi connectivity index (χ4n) is 5.50. The average molecular weight is 449 g/mol. The molecule has 1 heterocycles. The van der Waals surface area contributed by atoms with Gasteiger partial charge >= 0.3 is 0 Å². The SMILES string of the molecule is COc1ccccc1C1CC1C(=O)N1CCN(C(=O)C2CC2c2ccccc2OC)[C@@H](C)C1. The van der Waals surface area contributed by atoms with E-state index in [1.54, 1.807) is 14.2 Å². The van der Waals surface area contributed by atoms with Gasteiger partial charge in [0.1, 0.15) is 11.5 Å². The zero-order valence-corrected chi connectivity index (χ0v) is 19.6. The first kappa shape index (κ1) is 21.8. The predicted octanol–water partition coefficient (Wildman–Crippen LogP) is 3.67. The molecule has 3 fully saturated rings. The zero-order chi connectivity index (χ0) is 23.1. The van der Waals surface area contributed by atoms with Crippen molar-refractivity contribution in [1.29, 1.82) is 0 Å². The van der Waals surface area contributed by atoms with Crippen LogP contribution in [0.15, 0.2) is 48.5 Å². The van der Waals surface area contributed by atoms with E-state index >= 15 is 0 Å². The zero-order valence-electron chi connectivity index (χ0n) is 19.6. The number of carbonyl (C=O) groups is 2. The number of methoxy groups -OCH3 is 2. The van der Waals surface area contributed by atoms with Gasteiger partial charge in [0.05, 0.1) is 14.2 Å². The van der Waals surface area contributed by atoms with E-state index in [1.807, 2.05) is 46.2 Å². The van der Waals surface area contributed by atoms with Crippen LogP contribution in [0.5, 0.6) is 11.5 Å². The quantitative estimate of drug-likeness (QED) is 0.677. The Bertz CT molecular complexity index is 1050. The van der Waals surface area contributed by atoms with Crippen LogP contribution in [0.3, 0.4) is 0 Å². The molecular weight excluding hydrogens is 416 g/mol. The Kier molecular flexibility index (Phi) is 5.77. The summed E-state index contributed by atoms with van der Waals surface area (Å²) in [6, 6.07) is 16.0. The second-order valence-corrected chi connectivity index (χ2v) is 9.55. The van der Waals surface area contributed by atoms with Gasteiger partial charge in [0.2, 0.25) is 11.8 Å².